The molecule has 1 saturated heterocycles. The number of carbonyl (C=O) groups excluding carboxylic acids is 1. The number of ether oxygens (including phenoxy) is 1. The SMILES string of the molecule is COc1ccccc1C(=O)N1CCN(CCS(C)(=O)=O)CC1. The highest BCUT2D eigenvalue weighted by Crippen LogP contribution is 2.20. The number of carbonyl (C=O) groups is 1. The predicted octanol–water partition coefficient (Wildman–Crippen LogP) is 0.498. The molecule has 2 rings (SSSR count). The largest absolute Gasteiger partial charge is 0.496 e. The Balaban J connectivity index is 1.92. The molecule has 1 amide bonds. The van der Waals surface area contributed by atoms with Crippen molar-refractivity contribution in [3.8, 4) is 5.75 Å². The van der Waals surface area contributed by atoms with Crippen LogP contribution in [-0.4, -0.2) is 76.0 Å². The third kappa shape index (κ3) is 4.45. The van der Waals surface area contributed by atoms with Crippen molar-refractivity contribution in [2.45, 2.75) is 0 Å². The Kier molecular flexibility index (Phi) is 5.42. The third-order valence-corrected chi connectivity index (χ3v) is 4.70. The molecule has 0 N–H and O–H groups in total. The molecule has 1 aromatic rings. The van der Waals surface area contributed by atoms with E-state index in [-0.39, 0.29) is 11.7 Å². The fourth-order valence-electron chi connectivity index (χ4n) is 2.46. The first-order chi connectivity index (χ1) is 10.4. The van der Waals surface area contributed by atoms with Crippen molar-refractivity contribution in [2.24, 2.45) is 0 Å². The number of nitrogens with zero attached hydrogens (tertiary/aromatic N) is 2. The first-order valence-corrected chi connectivity index (χ1v) is 9.29. The van der Waals surface area contributed by atoms with Crippen LogP contribution < -0.4 is 4.74 Å². The zero-order valence-corrected chi connectivity index (χ0v) is 13.8. The van der Waals surface area contributed by atoms with Crippen molar-refractivity contribution in [2.75, 3.05) is 51.8 Å². The quantitative estimate of drug-likeness (QED) is 0.788. The highest BCUT2D eigenvalue weighted by atomic mass is 32.2. The van der Waals surface area contributed by atoms with E-state index in [4.69, 9.17) is 4.74 Å². The molecule has 0 radical (unpaired) electrons. The maximum atomic E-state index is 12.5. The molecule has 1 aromatic carbocycles. The Bertz CT molecular complexity index is 622. The van der Waals surface area contributed by atoms with Crippen molar-refractivity contribution >= 4 is 15.7 Å². The summed E-state index contributed by atoms with van der Waals surface area (Å²) in [7, 11) is -1.39. The van der Waals surface area contributed by atoms with Gasteiger partial charge >= 0.3 is 0 Å². The molecule has 0 atom stereocenters. The number of piperazine rings is 1. The van der Waals surface area contributed by atoms with Gasteiger partial charge in [0.25, 0.3) is 5.91 Å². The van der Waals surface area contributed by atoms with Crippen molar-refractivity contribution in [3.63, 3.8) is 0 Å². The minimum atomic E-state index is -2.94. The summed E-state index contributed by atoms with van der Waals surface area (Å²) in [6.45, 7) is 3.10. The Morgan fingerprint density at radius 2 is 1.82 bits per heavy atom. The lowest BCUT2D eigenvalue weighted by Crippen LogP contribution is -2.49. The van der Waals surface area contributed by atoms with Crippen LogP contribution in [-0.2, 0) is 9.84 Å². The molecule has 122 valence electrons. The smallest absolute Gasteiger partial charge is 0.257 e. The predicted molar refractivity (Wildman–Crippen MR) is 85.0 cm³/mol. The van der Waals surface area contributed by atoms with Crippen molar-refractivity contribution in [3.05, 3.63) is 29.8 Å². The van der Waals surface area contributed by atoms with Gasteiger partial charge in [0.05, 0.1) is 18.4 Å². The van der Waals surface area contributed by atoms with E-state index >= 15 is 0 Å². The second-order valence-corrected chi connectivity index (χ2v) is 7.72. The summed E-state index contributed by atoms with van der Waals surface area (Å²) in [5.74, 6) is 0.695. The number of hydrogen-bond acceptors (Lipinski definition) is 5. The topological polar surface area (TPSA) is 66.9 Å². The summed E-state index contributed by atoms with van der Waals surface area (Å²) in [5.41, 5.74) is 0.564. The van der Waals surface area contributed by atoms with Gasteiger partial charge in [-0.3, -0.25) is 9.69 Å². The van der Waals surface area contributed by atoms with E-state index in [0.717, 1.165) is 0 Å². The standard InChI is InChI=1S/C15H22N2O4S/c1-21-14-6-4-3-5-13(14)15(18)17-9-7-16(8-10-17)11-12-22(2,19)20/h3-6H,7-12H2,1-2H3. The molecule has 1 aliphatic heterocycles. The van der Waals surface area contributed by atoms with Gasteiger partial charge in [-0.25, -0.2) is 8.42 Å². The van der Waals surface area contributed by atoms with Gasteiger partial charge in [0.2, 0.25) is 0 Å². The zero-order chi connectivity index (χ0) is 16.2. The lowest BCUT2D eigenvalue weighted by atomic mass is 10.1. The summed E-state index contributed by atoms with van der Waals surface area (Å²) in [6, 6.07) is 7.18. The van der Waals surface area contributed by atoms with Crippen LogP contribution in [0.2, 0.25) is 0 Å². The Hall–Kier alpha value is -1.60. The number of benzene rings is 1. The number of methoxy groups -OCH3 is 1. The maximum Gasteiger partial charge on any atom is 0.257 e. The van der Waals surface area contributed by atoms with Gasteiger partial charge in [0, 0.05) is 39.0 Å². The zero-order valence-electron chi connectivity index (χ0n) is 13.0. The molecule has 0 spiro atoms. The lowest BCUT2D eigenvalue weighted by molar-refractivity contribution is 0.0641. The minimum Gasteiger partial charge on any atom is -0.496 e. The molecule has 0 bridgehead atoms. The van der Waals surface area contributed by atoms with E-state index in [9.17, 15) is 13.2 Å². The molecule has 1 heterocycles. The first-order valence-electron chi connectivity index (χ1n) is 7.23. The Morgan fingerprint density at radius 3 is 2.41 bits per heavy atom. The van der Waals surface area contributed by atoms with Crippen LogP contribution in [0.4, 0.5) is 0 Å². The number of rotatable bonds is 5. The second-order valence-electron chi connectivity index (χ2n) is 5.46. The highest BCUT2D eigenvalue weighted by molar-refractivity contribution is 7.90. The van der Waals surface area contributed by atoms with Crippen LogP contribution in [0.3, 0.4) is 0 Å². The number of hydrogen-bond donors (Lipinski definition) is 0. The Labute approximate surface area is 131 Å². The van der Waals surface area contributed by atoms with Gasteiger partial charge in [-0.1, -0.05) is 12.1 Å². The average Bonchev–Trinajstić information content (AvgIpc) is 2.52. The Morgan fingerprint density at radius 1 is 1.18 bits per heavy atom. The molecule has 0 aliphatic carbocycles. The van der Waals surface area contributed by atoms with Crippen LogP contribution >= 0.6 is 0 Å². The molecule has 0 aromatic heterocycles. The number of sulfone groups is 1. The normalized spacial score (nSPS) is 16.5. The van der Waals surface area contributed by atoms with Crippen molar-refractivity contribution in [1.82, 2.24) is 9.80 Å². The average molecular weight is 326 g/mol. The number of amides is 1. The van der Waals surface area contributed by atoms with Gasteiger partial charge in [0.15, 0.2) is 0 Å². The van der Waals surface area contributed by atoms with Gasteiger partial charge in [-0.15, -0.1) is 0 Å². The van der Waals surface area contributed by atoms with Gasteiger partial charge in [-0.05, 0) is 12.1 Å². The van der Waals surface area contributed by atoms with Gasteiger partial charge < -0.3 is 9.64 Å². The van der Waals surface area contributed by atoms with E-state index in [1.165, 1.54) is 6.26 Å². The molecule has 1 aliphatic rings. The van der Waals surface area contributed by atoms with E-state index < -0.39 is 9.84 Å². The minimum absolute atomic E-state index is 0.0415. The van der Waals surface area contributed by atoms with E-state index in [1.807, 2.05) is 12.1 Å². The highest BCUT2D eigenvalue weighted by Gasteiger charge is 2.24. The summed E-state index contributed by atoms with van der Waals surface area (Å²) in [6.07, 6.45) is 1.24. The van der Waals surface area contributed by atoms with Crippen molar-refractivity contribution in [1.29, 1.82) is 0 Å². The summed E-state index contributed by atoms with van der Waals surface area (Å²) in [5, 5.41) is 0. The molecule has 22 heavy (non-hydrogen) atoms. The van der Waals surface area contributed by atoms with E-state index in [0.29, 0.717) is 44.0 Å². The van der Waals surface area contributed by atoms with E-state index in [1.54, 1.807) is 24.1 Å². The van der Waals surface area contributed by atoms with Crippen LogP contribution in [0.15, 0.2) is 24.3 Å². The molecule has 0 unspecified atom stereocenters. The lowest BCUT2D eigenvalue weighted by Gasteiger charge is -2.34. The van der Waals surface area contributed by atoms with Crippen LogP contribution in [0.5, 0.6) is 5.75 Å². The van der Waals surface area contributed by atoms with Gasteiger partial charge in [0.1, 0.15) is 15.6 Å². The van der Waals surface area contributed by atoms with Crippen LogP contribution in [0, 0.1) is 0 Å². The number of para-hydroxylation sites is 1. The van der Waals surface area contributed by atoms with Crippen LogP contribution in [0.1, 0.15) is 10.4 Å². The van der Waals surface area contributed by atoms with Crippen molar-refractivity contribution < 1.29 is 17.9 Å². The summed E-state index contributed by atoms with van der Waals surface area (Å²) in [4.78, 5) is 16.4. The molecule has 7 heteroatoms. The summed E-state index contributed by atoms with van der Waals surface area (Å²) < 4.78 is 27.6. The van der Waals surface area contributed by atoms with E-state index in [2.05, 4.69) is 4.90 Å². The fourth-order valence-corrected chi connectivity index (χ4v) is 3.05. The molecular formula is C15H22N2O4S. The van der Waals surface area contributed by atoms with Gasteiger partial charge in [-0.2, -0.15) is 0 Å². The second kappa shape index (κ2) is 7.11. The molecule has 6 nitrogen and oxygen atoms in total. The molecule has 0 saturated carbocycles. The summed E-state index contributed by atoms with van der Waals surface area (Å²) >= 11 is 0. The molecule has 1 fully saturated rings. The first kappa shape index (κ1) is 16.8. The third-order valence-electron chi connectivity index (χ3n) is 3.78. The van der Waals surface area contributed by atoms with Crippen LogP contribution in [0.25, 0.3) is 0 Å². The molecular weight excluding hydrogens is 304 g/mol. The monoisotopic (exact) mass is 326 g/mol. The fraction of sp³-hybridized carbons (Fsp3) is 0.533. The maximum absolute atomic E-state index is 12.5.